The lowest BCUT2D eigenvalue weighted by atomic mass is 10.1. The Hall–Kier alpha value is -1.19. The maximum absolute atomic E-state index is 5.17. The summed E-state index contributed by atoms with van der Waals surface area (Å²) in [6.45, 7) is 6.16. The number of nitrogens with one attached hydrogen (secondary N) is 2. The van der Waals surface area contributed by atoms with Gasteiger partial charge in [0, 0.05) is 25.6 Å². The van der Waals surface area contributed by atoms with E-state index in [1.54, 1.807) is 25.5 Å². The van der Waals surface area contributed by atoms with Crippen molar-refractivity contribution in [3.8, 4) is 0 Å². The van der Waals surface area contributed by atoms with Crippen LogP contribution in [0.2, 0.25) is 0 Å². The van der Waals surface area contributed by atoms with Crippen LogP contribution in [0.15, 0.2) is 29.3 Å². The van der Waals surface area contributed by atoms with E-state index in [4.69, 9.17) is 4.74 Å². The van der Waals surface area contributed by atoms with Crippen molar-refractivity contribution in [2.24, 2.45) is 4.99 Å². The summed E-state index contributed by atoms with van der Waals surface area (Å²) in [5.41, 5.74) is 3.46. The van der Waals surface area contributed by atoms with E-state index in [-0.39, 0.29) is 24.0 Å². The molecule has 1 aromatic carbocycles. The summed E-state index contributed by atoms with van der Waals surface area (Å²) >= 11 is 1.72. The van der Waals surface area contributed by atoms with Gasteiger partial charge in [-0.1, -0.05) is 24.3 Å². The Morgan fingerprint density at radius 2 is 1.92 bits per heavy atom. The highest BCUT2D eigenvalue weighted by Crippen LogP contribution is 2.16. The van der Waals surface area contributed by atoms with Crippen LogP contribution in [0, 0.1) is 13.8 Å². The third kappa shape index (κ3) is 6.37. The fourth-order valence-electron chi connectivity index (χ4n) is 2.30. The lowest BCUT2D eigenvalue weighted by Gasteiger charge is -2.12. The van der Waals surface area contributed by atoms with Crippen molar-refractivity contribution in [3.63, 3.8) is 0 Å². The Labute approximate surface area is 165 Å². The Balaban J connectivity index is 0.00000288. The molecule has 0 unspecified atom stereocenters. The van der Waals surface area contributed by atoms with Crippen molar-refractivity contribution in [2.75, 3.05) is 14.2 Å². The van der Waals surface area contributed by atoms with Crippen LogP contribution in [-0.2, 0) is 24.4 Å². The van der Waals surface area contributed by atoms with E-state index in [1.807, 2.05) is 19.9 Å². The fraction of sp³-hybridized carbons (Fsp3) is 0.412. The molecule has 7 heteroatoms. The summed E-state index contributed by atoms with van der Waals surface area (Å²) in [5, 5.41) is 7.76. The molecule has 0 spiro atoms. The molecule has 1 heterocycles. The summed E-state index contributed by atoms with van der Waals surface area (Å²) in [6.07, 6.45) is 0. The van der Waals surface area contributed by atoms with E-state index in [2.05, 4.69) is 38.8 Å². The molecule has 0 aliphatic heterocycles. The highest BCUT2D eigenvalue weighted by atomic mass is 127. The number of nitrogens with zero attached hydrogens (tertiary/aromatic N) is 2. The van der Waals surface area contributed by atoms with Gasteiger partial charge in [-0.25, -0.2) is 4.98 Å². The zero-order valence-corrected chi connectivity index (χ0v) is 17.7. The molecule has 0 bridgehead atoms. The molecule has 0 radical (unpaired) electrons. The highest BCUT2D eigenvalue weighted by Gasteiger charge is 2.06. The van der Waals surface area contributed by atoms with Gasteiger partial charge in [0.05, 0.1) is 23.9 Å². The normalized spacial score (nSPS) is 11.1. The van der Waals surface area contributed by atoms with Crippen molar-refractivity contribution < 1.29 is 4.74 Å². The standard InChI is InChI=1S/C17H24N4OS.HI/c1-12-16(23-13(2)21-12)10-20-17(18-3)19-9-14-6-5-7-15(8-14)11-22-4;/h5-8H,9-11H2,1-4H3,(H2,18,19,20);1H. The number of guanidine groups is 1. The number of hydrogen-bond donors (Lipinski definition) is 2. The molecule has 0 aliphatic carbocycles. The molecule has 2 aromatic rings. The average Bonchev–Trinajstić information content (AvgIpc) is 2.86. The number of thiazole rings is 1. The van der Waals surface area contributed by atoms with E-state index >= 15 is 0 Å². The molecular formula is C17H25IN4OS. The minimum atomic E-state index is 0. The van der Waals surface area contributed by atoms with Crippen molar-refractivity contribution in [1.82, 2.24) is 15.6 Å². The van der Waals surface area contributed by atoms with Crippen LogP contribution in [0.25, 0.3) is 0 Å². The van der Waals surface area contributed by atoms with Gasteiger partial charge in [0.2, 0.25) is 0 Å². The van der Waals surface area contributed by atoms with Gasteiger partial charge in [-0.05, 0) is 25.0 Å². The maximum Gasteiger partial charge on any atom is 0.191 e. The molecule has 0 fully saturated rings. The van der Waals surface area contributed by atoms with Crippen LogP contribution >= 0.6 is 35.3 Å². The lowest BCUT2D eigenvalue weighted by molar-refractivity contribution is 0.185. The number of rotatable bonds is 6. The van der Waals surface area contributed by atoms with Gasteiger partial charge >= 0.3 is 0 Å². The van der Waals surface area contributed by atoms with E-state index < -0.39 is 0 Å². The van der Waals surface area contributed by atoms with E-state index in [0.29, 0.717) is 6.61 Å². The molecule has 0 atom stereocenters. The minimum Gasteiger partial charge on any atom is -0.380 e. The predicted molar refractivity (Wildman–Crippen MR) is 111 cm³/mol. The molecule has 24 heavy (non-hydrogen) atoms. The van der Waals surface area contributed by atoms with Crippen LogP contribution in [-0.4, -0.2) is 25.1 Å². The first-order valence-electron chi connectivity index (χ1n) is 7.56. The second-order valence-corrected chi connectivity index (χ2v) is 6.56. The van der Waals surface area contributed by atoms with Gasteiger partial charge in [0.15, 0.2) is 5.96 Å². The number of halogens is 1. The summed E-state index contributed by atoms with van der Waals surface area (Å²) in [5.74, 6) is 0.785. The smallest absolute Gasteiger partial charge is 0.191 e. The first-order valence-corrected chi connectivity index (χ1v) is 8.38. The van der Waals surface area contributed by atoms with Crippen molar-refractivity contribution >= 4 is 41.3 Å². The van der Waals surface area contributed by atoms with Crippen LogP contribution in [0.4, 0.5) is 0 Å². The van der Waals surface area contributed by atoms with Gasteiger partial charge in [0.25, 0.3) is 0 Å². The third-order valence-electron chi connectivity index (χ3n) is 3.40. The monoisotopic (exact) mass is 460 g/mol. The average molecular weight is 460 g/mol. The van der Waals surface area contributed by atoms with Crippen molar-refractivity contribution in [3.05, 3.63) is 51.0 Å². The highest BCUT2D eigenvalue weighted by molar-refractivity contribution is 14.0. The molecule has 0 aliphatic rings. The Bertz CT molecular complexity index is 672. The summed E-state index contributed by atoms with van der Waals surface area (Å²) < 4.78 is 5.17. The number of benzene rings is 1. The predicted octanol–water partition coefficient (Wildman–Crippen LogP) is 3.39. The number of methoxy groups -OCH3 is 1. The number of aliphatic imine (C=N–C) groups is 1. The summed E-state index contributed by atoms with van der Waals surface area (Å²) in [7, 11) is 3.49. The Kier molecular flexibility index (Phi) is 9.24. The number of aromatic nitrogens is 1. The quantitative estimate of drug-likeness (QED) is 0.394. The molecule has 1 aromatic heterocycles. The zero-order chi connectivity index (χ0) is 16.7. The van der Waals surface area contributed by atoms with Crippen molar-refractivity contribution in [1.29, 1.82) is 0 Å². The molecule has 2 rings (SSSR count). The van der Waals surface area contributed by atoms with Gasteiger partial charge < -0.3 is 15.4 Å². The molecule has 0 saturated carbocycles. The summed E-state index contributed by atoms with van der Waals surface area (Å²) in [4.78, 5) is 9.95. The van der Waals surface area contributed by atoms with Gasteiger partial charge in [-0.15, -0.1) is 35.3 Å². The molecule has 0 amide bonds. The van der Waals surface area contributed by atoms with Crippen LogP contribution in [0.1, 0.15) is 26.7 Å². The molecule has 132 valence electrons. The topological polar surface area (TPSA) is 58.5 Å². The third-order valence-corrected chi connectivity index (χ3v) is 4.47. The number of aryl methyl sites for hydroxylation is 2. The van der Waals surface area contributed by atoms with Gasteiger partial charge in [-0.3, -0.25) is 4.99 Å². The van der Waals surface area contributed by atoms with Crippen LogP contribution in [0.3, 0.4) is 0 Å². The number of hydrogen-bond acceptors (Lipinski definition) is 4. The van der Waals surface area contributed by atoms with Crippen LogP contribution in [0.5, 0.6) is 0 Å². The Morgan fingerprint density at radius 3 is 2.54 bits per heavy atom. The SMILES string of the molecule is CN=C(NCc1cccc(COC)c1)NCc1sc(C)nc1C.I. The van der Waals surface area contributed by atoms with Crippen LogP contribution < -0.4 is 10.6 Å². The second kappa shape index (κ2) is 10.6. The largest absolute Gasteiger partial charge is 0.380 e. The molecule has 2 N–H and O–H groups in total. The molecule has 5 nitrogen and oxygen atoms in total. The first-order chi connectivity index (χ1) is 11.1. The number of ether oxygens (including phenoxy) is 1. The molecule has 0 saturated heterocycles. The van der Waals surface area contributed by atoms with E-state index in [9.17, 15) is 0 Å². The maximum atomic E-state index is 5.17. The zero-order valence-electron chi connectivity index (χ0n) is 14.5. The van der Waals surface area contributed by atoms with E-state index in [1.165, 1.54) is 16.0 Å². The fourth-order valence-corrected chi connectivity index (χ4v) is 3.18. The summed E-state index contributed by atoms with van der Waals surface area (Å²) in [6, 6.07) is 8.34. The van der Waals surface area contributed by atoms with Crippen molar-refractivity contribution in [2.45, 2.75) is 33.5 Å². The van der Waals surface area contributed by atoms with Gasteiger partial charge in [-0.2, -0.15) is 0 Å². The Morgan fingerprint density at radius 1 is 1.21 bits per heavy atom. The van der Waals surface area contributed by atoms with E-state index in [0.717, 1.165) is 29.8 Å². The first kappa shape index (κ1) is 20.9. The van der Waals surface area contributed by atoms with Gasteiger partial charge in [0.1, 0.15) is 0 Å². The second-order valence-electron chi connectivity index (χ2n) is 5.27. The lowest BCUT2D eigenvalue weighted by Crippen LogP contribution is -2.36. The minimum absolute atomic E-state index is 0. The molecular weight excluding hydrogens is 435 g/mol.